The summed E-state index contributed by atoms with van der Waals surface area (Å²) in [5.41, 5.74) is 1.05. The number of nitro groups is 1. The Balaban J connectivity index is 1.61. The molecule has 1 aromatic heterocycles. The highest BCUT2D eigenvalue weighted by atomic mass is 16.6. The summed E-state index contributed by atoms with van der Waals surface area (Å²) in [4.78, 5) is 22.7. The Morgan fingerprint density at radius 2 is 1.83 bits per heavy atom. The lowest BCUT2D eigenvalue weighted by Crippen LogP contribution is -2.00. The first-order chi connectivity index (χ1) is 13.9. The normalized spacial score (nSPS) is 11.1. The van der Waals surface area contributed by atoms with Gasteiger partial charge in [-0.1, -0.05) is 38.1 Å². The molecule has 0 atom stereocenters. The van der Waals surface area contributed by atoms with Crippen molar-refractivity contribution < 1.29 is 18.9 Å². The van der Waals surface area contributed by atoms with E-state index in [4.69, 9.17) is 9.15 Å². The van der Waals surface area contributed by atoms with Crippen LogP contribution >= 0.6 is 0 Å². The maximum absolute atomic E-state index is 12.3. The van der Waals surface area contributed by atoms with E-state index in [1.165, 1.54) is 35.9 Å². The van der Waals surface area contributed by atoms with Crippen LogP contribution in [0, 0.1) is 10.1 Å². The quantitative estimate of drug-likeness (QED) is 0.210. The molecule has 148 valence electrons. The Morgan fingerprint density at radius 3 is 2.52 bits per heavy atom. The maximum atomic E-state index is 12.3. The lowest BCUT2D eigenvalue weighted by atomic mass is 10.0. The molecule has 6 heteroatoms. The van der Waals surface area contributed by atoms with Crippen LogP contribution < -0.4 is 4.74 Å². The van der Waals surface area contributed by atoms with Crippen LogP contribution in [0.25, 0.3) is 6.08 Å². The molecular weight excluding hydrogens is 370 g/mol. The highest BCUT2D eigenvalue weighted by Gasteiger charge is 2.17. The highest BCUT2D eigenvalue weighted by Crippen LogP contribution is 2.21. The van der Waals surface area contributed by atoms with Gasteiger partial charge in [-0.2, -0.15) is 0 Å². The van der Waals surface area contributed by atoms with Crippen LogP contribution in [0.15, 0.2) is 71.2 Å². The standard InChI is InChI=1S/C23H21NO5/c1-16(2)17-7-9-18(10-8-17)28-15-20-12-11-19(29-20)13-14-23(25)21-5-3-4-6-22(21)24(26)27/h3-14,16H,15H2,1-2H3/b14-13+. The van der Waals surface area contributed by atoms with Gasteiger partial charge >= 0.3 is 0 Å². The molecule has 6 nitrogen and oxygen atoms in total. The Morgan fingerprint density at radius 1 is 1.10 bits per heavy atom. The molecule has 0 aliphatic carbocycles. The first-order valence-electron chi connectivity index (χ1n) is 9.21. The van der Waals surface area contributed by atoms with Gasteiger partial charge in [-0.3, -0.25) is 14.9 Å². The predicted molar refractivity (Wildman–Crippen MR) is 110 cm³/mol. The van der Waals surface area contributed by atoms with Gasteiger partial charge in [-0.05, 0) is 54.0 Å². The van der Waals surface area contributed by atoms with Gasteiger partial charge in [0, 0.05) is 6.07 Å². The topological polar surface area (TPSA) is 82.6 Å². The van der Waals surface area contributed by atoms with Crippen molar-refractivity contribution in [1.82, 2.24) is 0 Å². The smallest absolute Gasteiger partial charge is 0.280 e. The molecule has 0 fully saturated rings. The third-order valence-corrected chi connectivity index (χ3v) is 4.38. The van der Waals surface area contributed by atoms with Crippen LogP contribution in [0.2, 0.25) is 0 Å². The zero-order valence-electron chi connectivity index (χ0n) is 16.2. The molecule has 0 aliphatic rings. The molecule has 3 rings (SSSR count). The second kappa shape index (κ2) is 9.01. The fourth-order valence-electron chi connectivity index (χ4n) is 2.75. The van der Waals surface area contributed by atoms with Gasteiger partial charge in [0.1, 0.15) is 23.9 Å². The van der Waals surface area contributed by atoms with Crippen molar-refractivity contribution >= 4 is 17.5 Å². The molecule has 0 saturated heterocycles. The summed E-state index contributed by atoms with van der Waals surface area (Å²) >= 11 is 0. The molecule has 0 aliphatic heterocycles. The van der Waals surface area contributed by atoms with Crippen molar-refractivity contribution in [2.45, 2.75) is 26.4 Å². The number of ketones is 1. The Labute approximate surface area is 168 Å². The van der Waals surface area contributed by atoms with Crippen LogP contribution in [0.5, 0.6) is 5.75 Å². The molecule has 0 saturated carbocycles. The Bertz CT molecular complexity index is 1030. The molecule has 0 unspecified atom stereocenters. The van der Waals surface area contributed by atoms with E-state index in [1.807, 2.05) is 24.3 Å². The molecule has 0 N–H and O–H groups in total. The molecule has 3 aromatic rings. The maximum Gasteiger partial charge on any atom is 0.280 e. The zero-order valence-corrected chi connectivity index (χ0v) is 16.2. The van der Waals surface area contributed by atoms with Gasteiger partial charge in [0.25, 0.3) is 5.69 Å². The summed E-state index contributed by atoms with van der Waals surface area (Å²) < 4.78 is 11.4. The number of carbonyl (C=O) groups excluding carboxylic acids is 1. The van der Waals surface area contributed by atoms with Crippen LogP contribution in [0.1, 0.15) is 47.2 Å². The van der Waals surface area contributed by atoms with Crippen LogP contribution in [0.3, 0.4) is 0 Å². The number of carbonyl (C=O) groups is 1. The van der Waals surface area contributed by atoms with E-state index in [1.54, 1.807) is 18.2 Å². The van der Waals surface area contributed by atoms with E-state index in [9.17, 15) is 14.9 Å². The third kappa shape index (κ3) is 5.19. The number of allylic oxidation sites excluding steroid dienone is 1. The van der Waals surface area contributed by atoms with E-state index in [0.29, 0.717) is 17.4 Å². The zero-order chi connectivity index (χ0) is 20.8. The molecule has 29 heavy (non-hydrogen) atoms. The van der Waals surface area contributed by atoms with Crippen molar-refractivity contribution in [3.63, 3.8) is 0 Å². The number of nitro benzene ring substituents is 1. The molecular formula is C23H21NO5. The second-order valence-corrected chi connectivity index (χ2v) is 6.79. The lowest BCUT2D eigenvalue weighted by molar-refractivity contribution is -0.385. The van der Waals surface area contributed by atoms with E-state index in [0.717, 1.165) is 5.75 Å². The monoisotopic (exact) mass is 391 g/mol. The summed E-state index contributed by atoms with van der Waals surface area (Å²) in [7, 11) is 0. The number of para-hydroxylation sites is 1. The van der Waals surface area contributed by atoms with Crippen LogP contribution in [-0.4, -0.2) is 10.7 Å². The third-order valence-electron chi connectivity index (χ3n) is 4.38. The van der Waals surface area contributed by atoms with Gasteiger partial charge in [-0.15, -0.1) is 0 Å². The van der Waals surface area contributed by atoms with Crippen molar-refractivity contribution in [3.05, 3.63) is 99.5 Å². The first kappa shape index (κ1) is 20.1. The number of rotatable bonds is 8. The predicted octanol–water partition coefficient (Wildman–Crippen LogP) is 5.79. The SMILES string of the molecule is CC(C)c1ccc(OCc2ccc(/C=C/C(=O)c3ccccc3[N+](=O)[O-])o2)cc1. The largest absolute Gasteiger partial charge is 0.486 e. The average molecular weight is 391 g/mol. The van der Waals surface area contributed by atoms with Crippen molar-refractivity contribution in [2.75, 3.05) is 0 Å². The number of nitrogens with zero attached hydrogens (tertiary/aromatic N) is 1. The Hall–Kier alpha value is -3.67. The number of ether oxygens (including phenoxy) is 1. The fraction of sp³-hybridized carbons (Fsp3) is 0.174. The van der Waals surface area contributed by atoms with E-state index < -0.39 is 10.7 Å². The van der Waals surface area contributed by atoms with Gasteiger partial charge in [0.15, 0.2) is 5.78 Å². The summed E-state index contributed by atoms with van der Waals surface area (Å²) in [5, 5.41) is 11.0. The Kier molecular flexibility index (Phi) is 6.24. The fourth-order valence-corrected chi connectivity index (χ4v) is 2.75. The molecule has 0 radical (unpaired) electrons. The summed E-state index contributed by atoms with van der Waals surface area (Å²) in [6, 6.07) is 17.2. The molecule has 0 spiro atoms. The van der Waals surface area contributed by atoms with Gasteiger partial charge in [-0.25, -0.2) is 0 Å². The van der Waals surface area contributed by atoms with Gasteiger partial charge in [0.2, 0.25) is 0 Å². The molecule has 2 aromatic carbocycles. The highest BCUT2D eigenvalue weighted by molar-refractivity contribution is 6.09. The minimum Gasteiger partial charge on any atom is -0.486 e. The lowest BCUT2D eigenvalue weighted by Gasteiger charge is -2.07. The van der Waals surface area contributed by atoms with Gasteiger partial charge < -0.3 is 9.15 Å². The number of hydrogen-bond acceptors (Lipinski definition) is 5. The summed E-state index contributed by atoms with van der Waals surface area (Å²) in [5.74, 6) is 1.82. The number of benzene rings is 2. The van der Waals surface area contributed by atoms with E-state index in [-0.39, 0.29) is 17.9 Å². The molecule has 0 bridgehead atoms. The minimum atomic E-state index is -0.572. The number of hydrogen-bond donors (Lipinski definition) is 0. The molecule has 0 amide bonds. The van der Waals surface area contributed by atoms with Crippen molar-refractivity contribution in [3.8, 4) is 5.75 Å². The second-order valence-electron chi connectivity index (χ2n) is 6.79. The first-order valence-corrected chi connectivity index (χ1v) is 9.21. The van der Waals surface area contributed by atoms with Crippen molar-refractivity contribution in [2.24, 2.45) is 0 Å². The van der Waals surface area contributed by atoms with Crippen LogP contribution in [0.4, 0.5) is 5.69 Å². The molecule has 1 heterocycles. The minimum absolute atomic E-state index is 0.0358. The van der Waals surface area contributed by atoms with Crippen LogP contribution in [-0.2, 0) is 6.61 Å². The van der Waals surface area contributed by atoms with Crippen molar-refractivity contribution in [1.29, 1.82) is 0 Å². The summed E-state index contributed by atoms with van der Waals surface area (Å²) in [6.07, 6.45) is 2.75. The van der Waals surface area contributed by atoms with E-state index in [2.05, 4.69) is 13.8 Å². The average Bonchev–Trinajstić information content (AvgIpc) is 3.18. The number of furan rings is 1. The van der Waals surface area contributed by atoms with E-state index >= 15 is 0 Å². The summed E-state index contributed by atoms with van der Waals surface area (Å²) in [6.45, 7) is 4.52. The van der Waals surface area contributed by atoms with Gasteiger partial charge in [0.05, 0.1) is 10.5 Å².